The number of unbranched alkanes of at least 4 members (excludes halogenated alkanes) is 23. The molecule has 340 valence electrons. The van der Waals surface area contributed by atoms with Gasteiger partial charge in [-0.1, -0.05) is 165 Å². The summed E-state index contributed by atoms with van der Waals surface area (Å²) in [7, 11) is 3.79. The van der Waals surface area contributed by atoms with E-state index in [1.54, 1.807) is 0 Å². The van der Waals surface area contributed by atoms with Crippen molar-refractivity contribution in [3.05, 3.63) is 0 Å². The van der Waals surface area contributed by atoms with Gasteiger partial charge in [0, 0.05) is 33.5 Å². The molecule has 0 heterocycles. The third kappa shape index (κ3) is 39.8. The number of carbonyl (C=O) groups excluding carboxylic acids is 2. The number of nitrogens with one attached hydrogen (secondary N) is 1. The highest BCUT2D eigenvalue weighted by Gasteiger charge is 2.14. The highest BCUT2D eigenvalue weighted by molar-refractivity contribution is 14.1. The molecule has 58 heavy (non-hydrogen) atoms. The molecule has 10 heteroatoms. The van der Waals surface area contributed by atoms with Gasteiger partial charge in [-0.3, -0.25) is 9.59 Å². The normalized spacial score (nSPS) is 12.1. The number of rotatable bonds is 43. The van der Waals surface area contributed by atoms with Crippen molar-refractivity contribution in [1.82, 2.24) is 15.1 Å². The summed E-state index contributed by atoms with van der Waals surface area (Å²) in [6, 6.07) is 0. The van der Waals surface area contributed by atoms with Crippen molar-refractivity contribution in [3.63, 3.8) is 0 Å². The van der Waals surface area contributed by atoms with Gasteiger partial charge < -0.3 is 24.6 Å². The Hall–Kier alpha value is -1.61. The first-order valence-electron chi connectivity index (χ1n) is 24.4. The Balaban J connectivity index is 4.49. The minimum Gasteiger partial charge on any atom is -0.466 e. The van der Waals surface area contributed by atoms with E-state index in [1.165, 1.54) is 120 Å². The zero-order valence-corrected chi connectivity index (χ0v) is 40.6. The van der Waals surface area contributed by atoms with Gasteiger partial charge in [-0.15, -0.1) is 4.99 Å². The summed E-state index contributed by atoms with van der Waals surface area (Å²) in [5, 5.41) is 12.3. The lowest BCUT2D eigenvalue weighted by atomic mass is 10.0. The van der Waals surface area contributed by atoms with Gasteiger partial charge in [0.25, 0.3) is 0 Å². The molecular weight excluding hydrogens is 837 g/mol. The molecule has 0 aromatic heterocycles. The SMILES string of the molecule is CCCCCCCCCOC(=O)CCCCCCCN(CCCCCCCC(=O)OC(CCCCCCCC)CCCCCCCI)CCCN/C(=N/C#N)N(C)C. The van der Waals surface area contributed by atoms with E-state index in [-0.39, 0.29) is 18.0 Å². The van der Waals surface area contributed by atoms with Crippen molar-refractivity contribution < 1.29 is 19.1 Å². The second-order valence-corrected chi connectivity index (χ2v) is 17.9. The number of esters is 2. The molecule has 0 saturated carbocycles. The molecule has 0 radical (unpaired) electrons. The van der Waals surface area contributed by atoms with E-state index >= 15 is 0 Å². The number of carbonyl (C=O) groups is 2. The van der Waals surface area contributed by atoms with E-state index < -0.39 is 0 Å². The van der Waals surface area contributed by atoms with E-state index in [0.717, 1.165) is 110 Å². The van der Waals surface area contributed by atoms with Crippen molar-refractivity contribution in [2.75, 3.05) is 51.3 Å². The first-order chi connectivity index (χ1) is 28.4. The van der Waals surface area contributed by atoms with Crippen molar-refractivity contribution in [2.24, 2.45) is 4.99 Å². The molecule has 0 aliphatic rings. The van der Waals surface area contributed by atoms with Crippen LogP contribution in [0.3, 0.4) is 0 Å². The Morgan fingerprint density at radius 3 is 1.57 bits per heavy atom. The Bertz CT molecular complexity index is 976. The van der Waals surface area contributed by atoms with Gasteiger partial charge in [-0.05, 0) is 94.7 Å². The second-order valence-electron chi connectivity index (χ2n) is 16.8. The van der Waals surface area contributed by atoms with E-state index in [9.17, 15) is 9.59 Å². The van der Waals surface area contributed by atoms with Gasteiger partial charge in [-0.2, -0.15) is 5.26 Å². The molecule has 1 atom stereocenters. The van der Waals surface area contributed by atoms with Gasteiger partial charge in [0.15, 0.2) is 0 Å². The number of halogens is 1. The van der Waals surface area contributed by atoms with Crippen LogP contribution in [0.4, 0.5) is 0 Å². The van der Waals surface area contributed by atoms with Crippen LogP contribution < -0.4 is 5.32 Å². The fourth-order valence-electron chi connectivity index (χ4n) is 7.43. The van der Waals surface area contributed by atoms with E-state index in [4.69, 9.17) is 14.7 Å². The number of guanidine groups is 1. The molecule has 9 nitrogen and oxygen atoms in total. The van der Waals surface area contributed by atoms with Gasteiger partial charge in [0.2, 0.25) is 12.2 Å². The maximum absolute atomic E-state index is 12.8. The maximum Gasteiger partial charge on any atom is 0.306 e. The molecule has 0 saturated heterocycles. The smallest absolute Gasteiger partial charge is 0.306 e. The number of nitriles is 1. The number of ether oxygens (including phenoxy) is 2. The number of hydrogen-bond acceptors (Lipinski definition) is 7. The summed E-state index contributed by atoms with van der Waals surface area (Å²) in [5.74, 6) is 0.580. The van der Waals surface area contributed by atoms with Gasteiger partial charge in [-0.25, -0.2) is 0 Å². The van der Waals surface area contributed by atoms with Crippen LogP contribution >= 0.6 is 22.6 Å². The lowest BCUT2D eigenvalue weighted by molar-refractivity contribution is -0.150. The Labute approximate surface area is 372 Å². The van der Waals surface area contributed by atoms with Crippen LogP contribution in [0.15, 0.2) is 4.99 Å². The average molecular weight is 930 g/mol. The molecule has 0 aliphatic heterocycles. The van der Waals surface area contributed by atoms with Crippen LogP contribution in [0.25, 0.3) is 0 Å². The van der Waals surface area contributed by atoms with Crippen LogP contribution in [0.1, 0.15) is 226 Å². The molecule has 1 unspecified atom stereocenters. The van der Waals surface area contributed by atoms with Gasteiger partial charge in [0.05, 0.1) is 6.61 Å². The monoisotopic (exact) mass is 930 g/mol. The first kappa shape index (κ1) is 56.4. The summed E-state index contributed by atoms with van der Waals surface area (Å²) in [5.41, 5.74) is 0. The second kappa shape index (κ2) is 44.9. The quantitative estimate of drug-likeness (QED) is 0.0123. The fraction of sp³-hybridized carbons (Fsp3) is 0.917. The lowest BCUT2D eigenvalue weighted by Gasteiger charge is -2.23. The Kier molecular flexibility index (Phi) is 43.7. The third-order valence-electron chi connectivity index (χ3n) is 11.1. The largest absolute Gasteiger partial charge is 0.466 e. The van der Waals surface area contributed by atoms with Gasteiger partial charge in [0.1, 0.15) is 6.10 Å². The molecule has 0 spiro atoms. The third-order valence-corrected chi connectivity index (χ3v) is 11.8. The number of nitrogens with zero attached hydrogens (tertiary/aromatic N) is 4. The van der Waals surface area contributed by atoms with E-state index in [1.807, 2.05) is 25.2 Å². The molecule has 0 rings (SSSR count). The van der Waals surface area contributed by atoms with Crippen molar-refractivity contribution >= 4 is 40.5 Å². The first-order valence-corrected chi connectivity index (χ1v) is 25.9. The topological polar surface area (TPSA) is 107 Å². The summed E-state index contributed by atoms with van der Waals surface area (Å²) < 4.78 is 12.8. The molecular formula is C48H92IN5O4. The van der Waals surface area contributed by atoms with Crippen LogP contribution in [0, 0.1) is 11.5 Å². The van der Waals surface area contributed by atoms with Crippen molar-refractivity contribution in [3.8, 4) is 6.19 Å². The maximum atomic E-state index is 12.8. The standard InChI is InChI=1S/C48H92IN5O4/c1-5-7-9-11-13-24-32-43-57-46(55)36-27-19-15-22-30-40-54(42-33-39-51-48(52-44-50)53(3)4)41-31-23-16-20-28-37-47(56)58-45(34-25-17-12-10-8-6-2)35-26-18-14-21-29-38-49/h45H,5-43H2,1-4H3,(H,51,52). The van der Waals surface area contributed by atoms with Crippen molar-refractivity contribution in [2.45, 2.75) is 232 Å². The highest BCUT2D eigenvalue weighted by atomic mass is 127. The minimum atomic E-state index is -0.0333. The van der Waals surface area contributed by atoms with E-state index in [2.05, 4.69) is 51.6 Å². The molecule has 0 aromatic rings. The predicted molar refractivity (Wildman–Crippen MR) is 255 cm³/mol. The lowest BCUT2D eigenvalue weighted by Crippen LogP contribution is -2.38. The molecule has 1 N–H and O–H groups in total. The molecule has 0 aromatic carbocycles. The summed E-state index contributed by atoms with van der Waals surface area (Å²) in [4.78, 5) is 33.3. The molecule has 0 amide bonds. The molecule has 0 aliphatic carbocycles. The number of hydrogen-bond donors (Lipinski definition) is 1. The number of aliphatic imine (C=N–C) groups is 1. The Morgan fingerprint density at radius 2 is 1.05 bits per heavy atom. The minimum absolute atomic E-state index is 0.0108. The Morgan fingerprint density at radius 1 is 0.603 bits per heavy atom. The van der Waals surface area contributed by atoms with Crippen LogP contribution in [-0.4, -0.2) is 85.1 Å². The highest BCUT2D eigenvalue weighted by Crippen LogP contribution is 2.19. The molecule has 0 bridgehead atoms. The summed E-state index contributed by atoms with van der Waals surface area (Å²) >= 11 is 2.46. The molecule has 0 fully saturated rings. The van der Waals surface area contributed by atoms with Crippen LogP contribution in [0.2, 0.25) is 0 Å². The fourth-order valence-corrected chi connectivity index (χ4v) is 7.97. The van der Waals surface area contributed by atoms with E-state index in [0.29, 0.717) is 25.4 Å². The zero-order valence-electron chi connectivity index (χ0n) is 38.5. The summed E-state index contributed by atoms with van der Waals surface area (Å²) in [6.45, 7) is 9.03. The van der Waals surface area contributed by atoms with Crippen LogP contribution in [0.5, 0.6) is 0 Å². The summed E-state index contributed by atoms with van der Waals surface area (Å²) in [6.07, 6.45) is 39.7. The predicted octanol–water partition coefficient (Wildman–Crippen LogP) is 13.1. The van der Waals surface area contributed by atoms with Gasteiger partial charge >= 0.3 is 11.9 Å². The van der Waals surface area contributed by atoms with Crippen molar-refractivity contribution in [1.29, 1.82) is 5.26 Å². The number of alkyl halides is 1. The average Bonchev–Trinajstić information content (AvgIpc) is 3.21. The van der Waals surface area contributed by atoms with Crippen LogP contribution in [-0.2, 0) is 19.1 Å². The zero-order chi connectivity index (χ0) is 42.6.